The number of benzene rings is 1. The molecule has 0 saturated heterocycles. The highest BCUT2D eigenvalue weighted by molar-refractivity contribution is 7.11. The van der Waals surface area contributed by atoms with E-state index in [-0.39, 0.29) is 11.9 Å². The molecule has 0 radical (unpaired) electrons. The van der Waals surface area contributed by atoms with Gasteiger partial charge in [0.05, 0.1) is 10.7 Å². The minimum absolute atomic E-state index is 0.00648. The van der Waals surface area contributed by atoms with E-state index in [0.717, 1.165) is 17.2 Å². The number of halogens is 1. The zero-order valence-electron chi connectivity index (χ0n) is 10.8. The fraction of sp³-hybridized carbons (Fsp3) is 0.357. The van der Waals surface area contributed by atoms with Crippen LogP contribution in [0.3, 0.4) is 0 Å². The second kappa shape index (κ2) is 5.59. The molecule has 0 bridgehead atoms. The summed E-state index contributed by atoms with van der Waals surface area (Å²) in [6.45, 7) is 6.71. The minimum Gasteiger partial charge on any atom is -0.305 e. The number of thiazole rings is 1. The van der Waals surface area contributed by atoms with Crippen molar-refractivity contribution < 1.29 is 4.39 Å². The lowest BCUT2D eigenvalue weighted by molar-refractivity contribution is 0.529. The second-order valence-electron chi connectivity index (χ2n) is 4.37. The molecule has 2 nitrogen and oxygen atoms in total. The predicted octanol–water partition coefficient (Wildman–Crippen LogP) is 3.75. The van der Waals surface area contributed by atoms with Crippen molar-refractivity contribution in [2.24, 2.45) is 0 Å². The van der Waals surface area contributed by atoms with Crippen LogP contribution in [0.25, 0.3) is 0 Å². The summed E-state index contributed by atoms with van der Waals surface area (Å²) in [5.41, 5.74) is 1.77. The predicted molar refractivity (Wildman–Crippen MR) is 73.2 cm³/mol. The van der Waals surface area contributed by atoms with Gasteiger partial charge in [-0.25, -0.2) is 9.37 Å². The highest BCUT2D eigenvalue weighted by atomic mass is 32.1. The van der Waals surface area contributed by atoms with E-state index < -0.39 is 0 Å². The smallest absolute Gasteiger partial charge is 0.127 e. The average molecular weight is 264 g/mol. The van der Waals surface area contributed by atoms with Crippen molar-refractivity contribution in [3.05, 3.63) is 51.2 Å². The Morgan fingerprint density at radius 3 is 2.67 bits per heavy atom. The summed E-state index contributed by atoms with van der Waals surface area (Å²) < 4.78 is 13.6. The van der Waals surface area contributed by atoms with Crippen LogP contribution in [0.2, 0.25) is 0 Å². The van der Waals surface area contributed by atoms with Gasteiger partial charge in [0.25, 0.3) is 0 Å². The molecule has 4 heteroatoms. The lowest BCUT2D eigenvalue weighted by Crippen LogP contribution is -2.18. The first-order chi connectivity index (χ1) is 8.58. The molecule has 0 aliphatic rings. The number of nitrogens with zero attached hydrogens (tertiary/aromatic N) is 1. The molecule has 18 heavy (non-hydrogen) atoms. The van der Waals surface area contributed by atoms with Gasteiger partial charge in [-0.05, 0) is 26.8 Å². The fourth-order valence-corrected chi connectivity index (χ4v) is 2.81. The molecule has 96 valence electrons. The van der Waals surface area contributed by atoms with Crippen LogP contribution in [0, 0.1) is 19.7 Å². The average Bonchev–Trinajstić information content (AvgIpc) is 2.65. The number of nitrogens with one attached hydrogen (secondary N) is 1. The molecular weight excluding hydrogens is 247 g/mol. The molecule has 1 aromatic heterocycles. The number of hydrogen-bond donors (Lipinski definition) is 1. The minimum atomic E-state index is -0.158. The standard InChI is InChI=1S/C14H17FN2S/c1-9(12-6-4-5-7-13(12)15)16-8-14-10(2)17-11(3)18-14/h4-7,9,16H,8H2,1-3H3/t9-/m1/s1. The van der Waals surface area contributed by atoms with Crippen LogP contribution in [0.4, 0.5) is 4.39 Å². The van der Waals surface area contributed by atoms with Crippen LogP contribution in [0.15, 0.2) is 24.3 Å². The molecule has 0 aliphatic carbocycles. The molecule has 1 atom stereocenters. The maximum Gasteiger partial charge on any atom is 0.127 e. The molecule has 1 heterocycles. The van der Waals surface area contributed by atoms with Crippen LogP contribution in [-0.4, -0.2) is 4.98 Å². The third-order valence-electron chi connectivity index (χ3n) is 2.94. The lowest BCUT2D eigenvalue weighted by atomic mass is 10.1. The van der Waals surface area contributed by atoms with E-state index in [9.17, 15) is 4.39 Å². The van der Waals surface area contributed by atoms with Gasteiger partial charge in [-0.15, -0.1) is 11.3 Å². The van der Waals surface area contributed by atoms with E-state index in [1.54, 1.807) is 17.4 Å². The molecule has 0 amide bonds. The van der Waals surface area contributed by atoms with Gasteiger partial charge in [0.1, 0.15) is 5.82 Å². The highest BCUT2D eigenvalue weighted by Gasteiger charge is 2.11. The summed E-state index contributed by atoms with van der Waals surface area (Å²) >= 11 is 1.69. The van der Waals surface area contributed by atoms with Gasteiger partial charge in [-0.2, -0.15) is 0 Å². The van der Waals surface area contributed by atoms with Crippen molar-refractivity contribution in [1.29, 1.82) is 0 Å². The van der Waals surface area contributed by atoms with E-state index in [4.69, 9.17) is 0 Å². The Balaban J connectivity index is 2.03. The Morgan fingerprint density at radius 1 is 1.33 bits per heavy atom. The van der Waals surface area contributed by atoms with E-state index in [1.807, 2.05) is 32.9 Å². The Bertz CT molecular complexity index is 536. The van der Waals surface area contributed by atoms with Gasteiger partial charge in [0.2, 0.25) is 0 Å². The molecule has 0 unspecified atom stereocenters. The Kier molecular flexibility index (Phi) is 4.09. The fourth-order valence-electron chi connectivity index (χ4n) is 1.92. The van der Waals surface area contributed by atoms with Crippen molar-refractivity contribution in [1.82, 2.24) is 10.3 Å². The van der Waals surface area contributed by atoms with Crippen molar-refractivity contribution in [3.63, 3.8) is 0 Å². The third kappa shape index (κ3) is 2.94. The van der Waals surface area contributed by atoms with Crippen LogP contribution in [0.1, 0.15) is 34.1 Å². The summed E-state index contributed by atoms with van der Waals surface area (Å²) in [5, 5.41) is 4.41. The van der Waals surface area contributed by atoms with Crippen LogP contribution in [-0.2, 0) is 6.54 Å². The van der Waals surface area contributed by atoms with Crippen LogP contribution >= 0.6 is 11.3 Å². The quantitative estimate of drug-likeness (QED) is 0.909. The van der Waals surface area contributed by atoms with Gasteiger partial charge >= 0.3 is 0 Å². The Hall–Kier alpha value is -1.26. The van der Waals surface area contributed by atoms with E-state index in [0.29, 0.717) is 5.56 Å². The third-order valence-corrected chi connectivity index (χ3v) is 4.01. The number of rotatable bonds is 4. The van der Waals surface area contributed by atoms with Crippen LogP contribution < -0.4 is 5.32 Å². The number of aryl methyl sites for hydroxylation is 2. The van der Waals surface area contributed by atoms with Gasteiger partial charge < -0.3 is 5.32 Å². The van der Waals surface area contributed by atoms with Gasteiger partial charge in [0, 0.05) is 23.0 Å². The molecular formula is C14H17FN2S. The van der Waals surface area contributed by atoms with E-state index in [1.165, 1.54) is 10.9 Å². The summed E-state index contributed by atoms with van der Waals surface area (Å²) in [6, 6.07) is 6.88. The van der Waals surface area contributed by atoms with E-state index in [2.05, 4.69) is 10.3 Å². The van der Waals surface area contributed by atoms with Gasteiger partial charge in [0.15, 0.2) is 0 Å². The monoisotopic (exact) mass is 264 g/mol. The van der Waals surface area contributed by atoms with Gasteiger partial charge in [-0.1, -0.05) is 18.2 Å². The van der Waals surface area contributed by atoms with Crippen molar-refractivity contribution in [2.75, 3.05) is 0 Å². The zero-order valence-corrected chi connectivity index (χ0v) is 11.6. The highest BCUT2D eigenvalue weighted by Crippen LogP contribution is 2.20. The molecule has 1 aromatic carbocycles. The first-order valence-electron chi connectivity index (χ1n) is 5.98. The summed E-state index contributed by atoms with van der Waals surface area (Å²) in [6.07, 6.45) is 0. The largest absolute Gasteiger partial charge is 0.305 e. The second-order valence-corrected chi connectivity index (χ2v) is 5.65. The topological polar surface area (TPSA) is 24.9 Å². The maximum absolute atomic E-state index is 13.6. The first-order valence-corrected chi connectivity index (χ1v) is 6.80. The molecule has 0 fully saturated rings. The van der Waals surface area contributed by atoms with Crippen molar-refractivity contribution >= 4 is 11.3 Å². The van der Waals surface area contributed by atoms with Crippen molar-refractivity contribution in [2.45, 2.75) is 33.4 Å². The molecule has 2 aromatic rings. The molecule has 0 spiro atoms. The Labute approximate surface area is 111 Å². The maximum atomic E-state index is 13.6. The first kappa shape index (κ1) is 13.2. The molecule has 0 aliphatic heterocycles. The zero-order chi connectivity index (χ0) is 13.1. The van der Waals surface area contributed by atoms with E-state index >= 15 is 0 Å². The summed E-state index contributed by atoms with van der Waals surface area (Å²) in [5.74, 6) is -0.158. The van der Waals surface area contributed by atoms with Crippen LogP contribution in [0.5, 0.6) is 0 Å². The number of aromatic nitrogens is 1. The van der Waals surface area contributed by atoms with Gasteiger partial charge in [-0.3, -0.25) is 0 Å². The Morgan fingerprint density at radius 2 is 2.06 bits per heavy atom. The summed E-state index contributed by atoms with van der Waals surface area (Å²) in [4.78, 5) is 5.60. The molecule has 2 rings (SSSR count). The number of hydrogen-bond acceptors (Lipinski definition) is 3. The molecule has 0 saturated carbocycles. The molecule has 1 N–H and O–H groups in total. The normalized spacial score (nSPS) is 12.7. The summed E-state index contributed by atoms with van der Waals surface area (Å²) in [7, 11) is 0. The SMILES string of the molecule is Cc1nc(C)c(CN[C@H](C)c2ccccc2F)s1. The lowest BCUT2D eigenvalue weighted by Gasteiger charge is -2.14. The van der Waals surface area contributed by atoms with Crippen molar-refractivity contribution in [3.8, 4) is 0 Å².